The molecule has 0 aliphatic carbocycles. The van der Waals surface area contributed by atoms with Crippen LogP contribution in [0.2, 0.25) is 0 Å². The molecule has 0 heterocycles. The Morgan fingerprint density at radius 1 is 1.38 bits per heavy atom. The van der Waals surface area contributed by atoms with E-state index in [0.717, 1.165) is 5.56 Å². The van der Waals surface area contributed by atoms with Gasteiger partial charge in [0.2, 0.25) is 15.2 Å². The molecule has 1 unspecified atom stereocenters. The van der Waals surface area contributed by atoms with Gasteiger partial charge in [-0.3, -0.25) is 0 Å². The largest absolute Gasteiger partial charge is 0.479 e. The van der Waals surface area contributed by atoms with E-state index in [1.807, 2.05) is 0 Å². The second-order valence-corrected chi connectivity index (χ2v) is 5.61. The van der Waals surface area contributed by atoms with E-state index in [9.17, 15) is 13.2 Å². The number of aryl methyl sites for hydroxylation is 2. The number of hydrogen-bond acceptors (Lipinski definition) is 4. The van der Waals surface area contributed by atoms with E-state index in [4.69, 9.17) is 10.8 Å². The molecule has 1 aromatic carbocycles. The number of hydrogen-bond donors (Lipinski definition) is 2. The van der Waals surface area contributed by atoms with Crippen LogP contribution in [0.3, 0.4) is 0 Å². The molecule has 1 aromatic rings. The average Bonchev–Trinajstić information content (AvgIpc) is 2.20. The highest BCUT2D eigenvalue weighted by molar-refractivity contribution is 7.92. The summed E-state index contributed by atoms with van der Waals surface area (Å²) in [5.74, 6) is -1.55. The van der Waals surface area contributed by atoms with Crippen molar-refractivity contribution in [3.05, 3.63) is 29.3 Å². The molecule has 5 nitrogen and oxygen atoms in total. The van der Waals surface area contributed by atoms with Gasteiger partial charge in [-0.05, 0) is 31.0 Å². The minimum atomic E-state index is -4.01. The van der Waals surface area contributed by atoms with Gasteiger partial charge in [0.05, 0.1) is 4.90 Å². The minimum absolute atomic E-state index is 0.0256. The number of carboxylic acid groups (broad SMARTS) is 1. The van der Waals surface area contributed by atoms with E-state index in [-0.39, 0.29) is 4.90 Å². The Morgan fingerprint density at radius 2 is 1.94 bits per heavy atom. The van der Waals surface area contributed by atoms with Crippen LogP contribution < -0.4 is 5.73 Å². The van der Waals surface area contributed by atoms with Crippen LogP contribution in [-0.2, 0) is 14.6 Å². The third-order valence-corrected chi connectivity index (χ3v) is 4.15. The fraction of sp³-hybridized carbons (Fsp3) is 0.300. The van der Waals surface area contributed by atoms with Crippen LogP contribution in [0.25, 0.3) is 0 Å². The van der Waals surface area contributed by atoms with E-state index in [1.54, 1.807) is 26.0 Å². The standard InChI is InChI=1S/C10H13NO4S/c1-6-3-4-7(2)8(5-6)16(14,15)9(11)10(12)13/h3-5,9H,11H2,1-2H3,(H,12,13). The summed E-state index contributed by atoms with van der Waals surface area (Å²) < 4.78 is 23.7. The summed E-state index contributed by atoms with van der Waals surface area (Å²) in [6, 6.07) is 4.80. The molecule has 0 radical (unpaired) electrons. The monoisotopic (exact) mass is 243 g/mol. The molecular weight excluding hydrogens is 230 g/mol. The summed E-state index contributed by atoms with van der Waals surface area (Å²) in [7, 11) is -4.01. The van der Waals surface area contributed by atoms with Crippen LogP contribution in [0.5, 0.6) is 0 Å². The van der Waals surface area contributed by atoms with Crippen molar-refractivity contribution >= 4 is 15.8 Å². The second kappa shape index (κ2) is 4.23. The number of carboxylic acids is 1. The highest BCUT2D eigenvalue weighted by Gasteiger charge is 2.31. The van der Waals surface area contributed by atoms with Gasteiger partial charge in [-0.2, -0.15) is 0 Å². The summed E-state index contributed by atoms with van der Waals surface area (Å²) in [4.78, 5) is 10.6. The zero-order chi connectivity index (χ0) is 12.5. The number of sulfone groups is 1. The fourth-order valence-corrected chi connectivity index (χ4v) is 2.69. The van der Waals surface area contributed by atoms with Gasteiger partial charge in [-0.1, -0.05) is 12.1 Å². The molecular formula is C10H13NO4S. The van der Waals surface area contributed by atoms with Crippen molar-refractivity contribution in [1.82, 2.24) is 0 Å². The third-order valence-electron chi connectivity index (χ3n) is 2.23. The molecule has 6 heteroatoms. The molecule has 0 amide bonds. The molecule has 0 fully saturated rings. The van der Waals surface area contributed by atoms with Gasteiger partial charge in [0.1, 0.15) is 0 Å². The first-order valence-electron chi connectivity index (χ1n) is 4.56. The summed E-state index contributed by atoms with van der Waals surface area (Å²) in [5.41, 5.74) is 6.38. The van der Waals surface area contributed by atoms with E-state index < -0.39 is 21.2 Å². The SMILES string of the molecule is Cc1ccc(C)c(S(=O)(=O)C(N)C(=O)O)c1. The lowest BCUT2D eigenvalue weighted by molar-refractivity contribution is -0.136. The quantitative estimate of drug-likeness (QED) is 0.803. The van der Waals surface area contributed by atoms with Gasteiger partial charge < -0.3 is 10.8 Å². The highest BCUT2D eigenvalue weighted by Crippen LogP contribution is 2.20. The van der Waals surface area contributed by atoms with Crippen molar-refractivity contribution < 1.29 is 18.3 Å². The lowest BCUT2D eigenvalue weighted by Crippen LogP contribution is -2.38. The highest BCUT2D eigenvalue weighted by atomic mass is 32.2. The fourth-order valence-electron chi connectivity index (χ4n) is 1.28. The Hall–Kier alpha value is -1.40. The smallest absolute Gasteiger partial charge is 0.336 e. The Morgan fingerprint density at radius 3 is 2.44 bits per heavy atom. The van der Waals surface area contributed by atoms with Crippen LogP contribution in [0, 0.1) is 13.8 Å². The maximum absolute atomic E-state index is 11.8. The number of nitrogens with two attached hydrogens (primary N) is 1. The van der Waals surface area contributed by atoms with Crippen LogP contribution in [-0.4, -0.2) is 24.9 Å². The number of rotatable bonds is 3. The maximum atomic E-state index is 11.8. The molecule has 88 valence electrons. The van der Waals surface area contributed by atoms with Gasteiger partial charge in [0.25, 0.3) is 0 Å². The van der Waals surface area contributed by atoms with Gasteiger partial charge in [-0.15, -0.1) is 0 Å². The van der Waals surface area contributed by atoms with Gasteiger partial charge in [0.15, 0.2) is 0 Å². The zero-order valence-electron chi connectivity index (χ0n) is 8.97. The predicted molar refractivity (Wildman–Crippen MR) is 58.7 cm³/mol. The Balaban J connectivity index is 3.38. The van der Waals surface area contributed by atoms with Crippen LogP contribution in [0.4, 0.5) is 0 Å². The summed E-state index contributed by atoms with van der Waals surface area (Å²) in [5, 5.41) is 6.71. The summed E-state index contributed by atoms with van der Waals surface area (Å²) in [6.07, 6.45) is 0. The first kappa shape index (κ1) is 12.7. The lowest BCUT2D eigenvalue weighted by atomic mass is 10.2. The molecule has 1 atom stereocenters. The Labute approximate surface area is 93.8 Å². The first-order chi connectivity index (χ1) is 7.26. The molecule has 16 heavy (non-hydrogen) atoms. The first-order valence-corrected chi connectivity index (χ1v) is 6.11. The van der Waals surface area contributed by atoms with Crippen LogP contribution in [0.15, 0.2) is 23.1 Å². The maximum Gasteiger partial charge on any atom is 0.336 e. The Kier molecular flexibility index (Phi) is 3.35. The predicted octanol–water partition coefficient (Wildman–Crippen LogP) is 0.447. The van der Waals surface area contributed by atoms with Crippen molar-refractivity contribution in [1.29, 1.82) is 0 Å². The normalized spacial score (nSPS) is 13.4. The Bertz CT molecular complexity index is 522. The van der Waals surface area contributed by atoms with Gasteiger partial charge in [-0.25, -0.2) is 13.2 Å². The van der Waals surface area contributed by atoms with Gasteiger partial charge >= 0.3 is 5.97 Å². The zero-order valence-corrected chi connectivity index (χ0v) is 9.78. The van der Waals surface area contributed by atoms with E-state index in [1.165, 1.54) is 6.07 Å². The number of carbonyl (C=O) groups is 1. The molecule has 0 saturated heterocycles. The third kappa shape index (κ3) is 2.23. The topological polar surface area (TPSA) is 97.5 Å². The molecule has 0 aromatic heterocycles. The summed E-state index contributed by atoms with van der Waals surface area (Å²) >= 11 is 0. The van der Waals surface area contributed by atoms with E-state index >= 15 is 0 Å². The summed E-state index contributed by atoms with van der Waals surface area (Å²) in [6.45, 7) is 3.33. The molecule has 3 N–H and O–H groups in total. The second-order valence-electron chi connectivity index (χ2n) is 3.57. The molecule has 0 saturated carbocycles. The molecule has 0 aliphatic heterocycles. The van der Waals surface area contributed by atoms with Crippen molar-refractivity contribution in [2.24, 2.45) is 5.73 Å². The lowest BCUT2D eigenvalue weighted by Gasteiger charge is -2.11. The van der Waals surface area contributed by atoms with Crippen molar-refractivity contribution in [2.75, 3.05) is 0 Å². The van der Waals surface area contributed by atoms with Crippen molar-refractivity contribution in [2.45, 2.75) is 24.1 Å². The van der Waals surface area contributed by atoms with Crippen LogP contribution >= 0.6 is 0 Å². The van der Waals surface area contributed by atoms with Crippen molar-refractivity contribution in [3.8, 4) is 0 Å². The molecule has 1 rings (SSSR count). The molecule has 0 aliphatic rings. The number of benzene rings is 1. The molecule has 0 bridgehead atoms. The van der Waals surface area contributed by atoms with Crippen molar-refractivity contribution in [3.63, 3.8) is 0 Å². The van der Waals surface area contributed by atoms with E-state index in [0.29, 0.717) is 5.56 Å². The van der Waals surface area contributed by atoms with Gasteiger partial charge in [0, 0.05) is 0 Å². The molecule has 0 spiro atoms. The minimum Gasteiger partial charge on any atom is -0.479 e. The number of aliphatic carboxylic acids is 1. The van der Waals surface area contributed by atoms with E-state index in [2.05, 4.69) is 0 Å². The van der Waals surface area contributed by atoms with Crippen LogP contribution in [0.1, 0.15) is 11.1 Å². The average molecular weight is 243 g/mol.